The van der Waals surface area contributed by atoms with Crippen molar-refractivity contribution in [3.8, 4) is 0 Å². The van der Waals surface area contributed by atoms with Crippen LogP contribution >= 0.6 is 0 Å². The second-order valence-corrected chi connectivity index (χ2v) is 8.87. The number of aromatic nitrogens is 3. The molecule has 4 rings (SSSR count). The fourth-order valence-corrected chi connectivity index (χ4v) is 4.71. The Labute approximate surface area is 183 Å². The molecule has 1 fully saturated rings. The zero-order chi connectivity index (χ0) is 22.3. The number of nitrogens with one attached hydrogen (secondary N) is 1. The van der Waals surface area contributed by atoms with Crippen LogP contribution in [0, 0.1) is 13.8 Å². The van der Waals surface area contributed by atoms with E-state index in [-0.39, 0.29) is 22.9 Å². The van der Waals surface area contributed by atoms with E-state index in [0.717, 1.165) is 60.9 Å². The first-order valence-corrected chi connectivity index (χ1v) is 11.0. The molecule has 0 unspecified atom stereocenters. The molecule has 8 nitrogen and oxygen atoms in total. The molecule has 0 aromatic carbocycles. The minimum atomic E-state index is -0.217. The van der Waals surface area contributed by atoms with Gasteiger partial charge < -0.3 is 19.7 Å². The number of likely N-dealkylation sites (tertiary alicyclic amines) is 1. The molecule has 0 radical (unpaired) electrons. The number of anilines is 1. The molecule has 0 atom stereocenters. The molecule has 0 saturated carbocycles. The van der Waals surface area contributed by atoms with Crippen LogP contribution in [-0.2, 0) is 20.0 Å². The SMILES string of the molecule is CNc1nc(C2CCN(C(=O)c3c(C)cc(C)n(C)c3=O)CC2)nc2c1CCN(C)C2. The predicted molar refractivity (Wildman–Crippen MR) is 121 cm³/mol. The second kappa shape index (κ2) is 8.42. The van der Waals surface area contributed by atoms with Crippen molar-refractivity contribution in [1.82, 2.24) is 24.3 Å². The number of pyridine rings is 1. The number of piperidine rings is 1. The van der Waals surface area contributed by atoms with Gasteiger partial charge in [-0.3, -0.25) is 9.59 Å². The lowest BCUT2D eigenvalue weighted by Crippen LogP contribution is -2.42. The molecule has 2 aromatic heterocycles. The van der Waals surface area contributed by atoms with Crippen molar-refractivity contribution in [2.24, 2.45) is 7.05 Å². The average Bonchev–Trinajstić information content (AvgIpc) is 2.76. The van der Waals surface area contributed by atoms with Crippen molar-refractivity contribution in [3.63, 3.8) is 0 Å². The van der Waals surface area contributed by atoms with E-state index >= 15 is 0 Å². The van der Waals surface area contributed by atoms with E-state index in [2.05, 4.69) is 17.3 Å². The topological polar surface area (TPSA) is 83.4 Å². The normalized spacial score (nSPS) is 17.5. The van der Waals surface area contributed by atoms with Gasteiger partial charge in [-0.2, -0.15) is 0 Å². The molecule has 0 spiro atoms. The summed E-state index contributed by atoms with van der Waals surface area (Å²) in [6.07, 6.45) is 2.56. The van der Waals surface area contributed by atoms with Crippen molar-refractivity contribution in [3.05, 3.63) is 50.3 Å². The van der Waals surface area contributed by atoms with Crippen LogP contribution in [0.1, 0.15) is 57.5 Å². The van der Waals surface area contributed by atoms with Gasteiger partial charge in [0.25, 0.3) is 11.5 Å². The summed E-state index contributed by atoms with van der Waals surface area (Å²) in [7, 11) is 5.74. The maximum Gasteiger partial charge on any atom is 0.263 e. The van der Waals surface area contributed by atoms with E-state index < -0.39 is 0 Å². The zero-order valence-electron chi connectivity index (χ0n) is 19.2. The van der Waals surface area contributed by atoms with Crippen LogP contribution in [0.2, 0.25) is 0 Å². The number of nitrogens with zero attached hydrogens (tertiary/aromatic N) is 5. The number of hydrogen-bond acceptors (Lipinski definition) is 6. The molecule has 166 valence electrons. The van der Waals surface area contributed by atoms with Crippen LogP contribution in [0.5, 0.6) is 0 Å². The van der Waals surface area contributed by atoms with Gasteiger partial charge in [0.1, 0.15) is 17.2 Å². The lowest BCUT2D eigenvalue weighted by Gasteiger charge is -2.33. The van der Waals surface area contributed by atoms with E-state index in [4.69, 9.17) is 9.97 Å². The highest BCUT2D eigenvalue weighted by Gasteiger charge is 2.30. The maximum atomic E-state index is 13.1. The summed E-state index contributed by atoms with van der Waals surface area (Å²) in [5.41, 5.74) is 4.01. The van der Waals surface area contributed by atoms with Crippen molar-refractivity contribution in [2.45, 2.75) is 45.6 Å². The lowest BCUT2D eigenvalue weighted by molar-refractivity contribution is 0.0707. The van der Waals surface area contributed by atoms with Crippen molar-refractivity contribution < 1.29 is 4.79 Å². The minimum absolute atomic E-state index is 0.166. The van der Waals surface area contributed by atoms with E-state index in [1.165, 1.54) is 5.56 Å². The summed E-state index contributed by atoms with van der Waals surface area (Å²) in [6, 6.07) is 1.90. The molecule has 2 aromatic rings. The molecule has 2 aliphatic rings. The first kappa shape index (κ1) is 21.5. The Morgan fingerprint density at radius 3 is 2.52 bits per heavy atom. The number of aryl methyl sites for hydroxylation is 2. The Kier molecular flexibility index (Phi) is 5.83. The first-order valence-electron chi connectivity index (χ1n) is 11.0. The smallest absolute Gasteiger partial charge is 0.263 e. The van der Waals surface area contributed by atoms with Gasteiger partial charge in [-0.1, -0.05) is 0 Å². The summed E-state index contributed by atoms with van der Waals surface area (Å²) in [6.45, 7) is 6.79. The van der Waals surface area contributed by atoms with E-state index in [0.29, 0.717) is 13.1 Å². The Bertz CT molecular complexity index is 1070. The Morgan fingerprint density at radius 2 is 1.84 bits per heavy atom. The van der Waals surface area contributed by atoms with E-state index in [1.807, 2.05) is 27.0 Å². The third kappa shape index (κ3) is 3.96. The van der Waals surface area contributed by atoms with Crippen LogP contribution in [0.25, 0.3) is 0 Å². The van der Waals surface area contributed by atoms with Gasteiger partial charge in [-0.15, -0.1) is 0 Å². The quantitative estimate of drug-likeness (QED) is 0.810. The third-order valence-electron chi connectivity index (χ3n) is 6.74. The first-order chi connectivity index (χ1) is 14.8. The number of carbonyl (C=O) groups excluding carboxylic acids is 1. The molecule has 8 heteroatoms. The number of carbonyl (C=O) groups is 1. The van der Waals surface area contributed by atoms with Gasteiger partial charge >= 0.3 is 0 Å². The number of amides is 1. The minimum Gasteiger partial charge on any atom is -0.373 e. The molecule has 0 bridgehead atoms. The Morgan fingerprint density at radius 1 is 1.13 bits per heavy atom. The monoisotopic (exact) mass is 424 g/mol. The van der Waals surface area contributed by atoms with Crippen LogP contribution in [-0.4, -0.2) is 64.0 Å². The predicted octanol–water partition coefficient (Wildman–Crippen LogP) is 1.84. The van der Waals surface area contributed by atoms with Gasteiger partial charge in [0.05, 0.1) is 5.69 Å². The summed E-state index contributed by atoms with van der Waals surface area (Å²) in [4.78, 5) is 39.7. The zero-order valence-corrected chi connectivity index (χ0v) is 19.2. The van der Waals surface area contributed by atoms with Crippen LogP contribution in [0.4, 0.5) is 5.82 Å². The highest BCUT2D eigenvalue weighted by atomic mass is 16.2. The summed E-state index contributed by atoms with van der Waals surface area (Å²) in [5.74, 6) is 1.86. The molecule has 1 N–H and O–H groups in total. The molecular weight excluding hydrogens is 392 g/mol. The summed E-state index contributed by atoms with van der Waals surface area (Å²) >= 11 is 0. The van der Waals surface area contributed by atoms with Crippen LogP contribution in [0.15, 0.2) is 10.9 Å². The average molecular weight is 425 g/mol. The van der Waals surface area contributed by atoms with E-state index in [9.17, 15) is 9.59 Å². The second-order valence-electron chi connectivity index (χ2n) is 8.87. The van der Waals surface area contributed by atoms with Gasteiger partial charge in [-0.25, -0.2) is 9.97 Å². The summed E-state index contributed by atoms with van der Waals surface area (Å²) in [5, 5.41) is 3.25. The van der Waals surface area contributed by atoms with Crippen LogP contribution < -0.4 is 10.9 Å². The van der Waals surface area contributed by atoms with Gasteiger partial charge in [-0.05, 0) is 51.8 Å². The molecule has 0 aliphatic carbocycles. The molecule has 2 aliphatic heterocycles. The number of likely N-dealkylation sites (N-methyl/N-ethyl adjacent to an activating group) is 1. The number of rotatable bonds is 3. The largest absolute Gasteiger partial charge is 0.373 e. The Balaban J connectivity index is 1.52. The van der Waals surface area contributed by atoms with E-state index in [1.54, 1.807) is 16.5 Å². The molecule has 1 saturated heterocycles. The Hall–Kier alpha value is -2.74. The summed E-state index contributed by atoms with van der Waals surface area (Å²) < 4.78 is 1.55. The fraction of sp³-hybridized carbons (Fsp3) is 0.565. The van der Waals surface area contributed by atoms with Crippen molar-refractivity contribution in [1.29, 1.82) is 0 Å². The fourth-order valence-electron chi connectivity index (χ4n) is 4.71. The standard InChI is InChI=1S/C23H32N6O2/c1-14-12-15(2)28(5)22(30)19(14)23(31)29-10-6-16(7-11-29)20-25-18-13-27(4)9-8-17(18)21(24-3)26-20/h12,16H,6-11,13H2,1-5H3,(H,24,25,26). The third-order valence-corrected chi connectivity index (χ3v) is 6.74. The number of fused-ring (bicyclic) bond motifs is 1. The molecule has 4 heterocycles. The van der Waals surface area contributed by atoms with Crippen molar-refractivity contribution >= 4 is 11.7 Å². The molecule has 31 heavy (non-hydrogen) atoms. The lowest BCUT2D eigenvalue weighted by atomic mass is 9.94. The van der Waals surface area contributed by atoms with Gasteiger partial charge in [0.2, 0.25) is 0 Å². The highest BCUT2D eigenvalue weighted by molar-refractivity contribution is 5.95. The van der Waals surface area contributed by atoms with Crippen molar-refractivity contribution in [2.75, 3.05) is 39.0 Å². The van der Waals surface area contributed by atoms with Gasteiger partial charge in [0.15, 0.2) is 0 Å². The number of hydrogen-bond donors (Lipinski definition) is 1. The highest BCUT2D eigenvalue weighted by Crippen LogP contribution is 2.30. The molecular formula is C23H32N6O2. The van der Waals surface area contributed by atoms with Gasteiger partial charge in [0, 0.05) is 57.4 Å². The van der Waals surface area contributed by atoms with Crippen LogP contribution in [0.3, 0.4) is 0 Å². The maximum absolute atomic E-state index is 13.1. The molecule has 1 amide bonds.